The Hall–Kier alpha value is -3.23. The fourth-order valence-electron chi connectivity index (χ4n) is 3.32. The summed E-state index contributed by atoms with van der Waals surface area (Å²) in [5.74, 6) is -1.59. The fourth-order valence-corrected chi connectivity index (χ4v) is 4.55. The highest BCUT2D eigenvalue weighted by Crippen LogP contribution is 2.36. The predicted octanol–water partition coefficient (Wildman–Crippen LogP) is 5.52. The number of nitrogens with zero attached hydrogens (tertiary/aromatic N) is 1. The first-order valence-corrected chi connectivity index (χ1v) is 11.1. The Morgan fingerprint density at radius 1 is 1.25 bits per heavy atom. The Bertz CT molecular complexity index is 1180. The zero-order valence-electron chi connectivity index (χ0n) is 16.9. The van der Waals surface area contributed by atoms with Crippen molar-refractivity contribution in [1.29, 1.82) is 0 Å². The van der Waals surface area contributed by atoms with Gasteiger partial charge in [-0.2, -0.15) is 0 Å². The topological polar surface area (TPSA) is 77.0 Å². The van der Waals surface area contributed by atoms with Crippen LogP contribution in [0.5, 0.6) is 0 Å². The number of carbonyl (C=O) groups excluding carboxylic acids is 2. The first kappa shape index (κ1) is 22.0. The second-order valence-corrected chi connectivity index (χ2v) is 8.15. The van der Waals surface area contributed by atoms with Crippen LogP contribution in [0.15, 0.2) is 59.1 Å². The van der Waals surface area contributed by atoms with Crippen LogP contribution in [0.25, 0.3) is 11.1 Å². The third-order valence-electron chi connectivity index (χ3n) is 4.80. The van der Waals surface area contributed by atoms with Gasteiger partial charge in [0.2, 0.25) is 6.10 Å². The minimum Gasteiger partial charge on any atom is -0.462 e. The number of nitrogens with one attached hydrogen (secondary N) is 1. The highest BCUT2D eigenvalue weighted by Gasteiger charge is 2.33. The van der Waals surface area contributed by atoms with Crippen LogP contribution in [0.2, 0.25) is 5.02 Å². The minimum absolute atomic E-state index is 0.0398. The van der Waals surface area contributed by atoms with E-state index >= 15 is 0 Å². The van der Waals surface area contributed by atoms with E-state index in [1.807, 2.05) is 30.3 Å². The van der Waals surface area contributed by atoms with Gasteiger partial charge in [0.1, 0.15) is 16.4 Å². The minimum atomic E-state index is -0.988. The number of esters is 1. The maximum absolute atomic E-state index is 14.2. The van der Waals surface area contributed by atoms with Gasteiger partial charge < -0.3 is 14.9 Å². The number of hydrogen-bond acceptors (Lipinski definition) is 6. The summed E-state index contributed by atoms with van der Waals surface area (Å²) in [6, 6.07) is 13.6. The van der Waals surface area contributed by atoms with E-state index < -0.39 is 23.8 Å². The Morgan fingerprint density at radius 3 is 2.75 bits per heavy atom. The van der Waals surface area contributed by atoms with E-state index in [1.54, 1.807) is 12.3 Å². The molecular weight excluding hydrogens is 455 g/mol. The normalized spacial score (nSPS) is 15.1. The lowest BCUT2D eigenvalue weighted by Gasteiger charge is -2.11. The summed E-state index contributed by atoms with van der Waals surface area (Å²) in [5, 5.41) is 8.90. The molecule has 0 bridgehead atoms. The number of anilines is 1. The van der Waals surface area contributed by atoms with E-state index in [1.165, 1.54) is 29.5 Å². The molecule has 0 spiro atoms. The van der Waals surface area contributed by atoms with Crippen molar-refractivity contribution in [3.63, 3.8) is 0 Å². The van der Waals surface area contributed by atoms with Crippen LogP contribution in [0.4, 0.5) is 9.39 Å². The molecule has 1 aliphatic rings. The maximum Gasteiger partial charge on any atom is 0.341 e. The molecule has 0 aliphatic carbocycles. The first-order valence-electron chi connectivity index (χ1n) is 9.81. The summed E-state index contributed by atoms with van der Waals surface area (Å²) in [5.41, 5.74) is 2.11. The van der Waals surface area contributed by atoms with E-state index in [2.05, 4.69) is 10.5 Å². The molecule has 1 N–H and O–H groups in total. The number of hydrogen-bond donors (Lipinski definition) is 1. The lowest BCUT2D eigenvalue weighted by molar-refractivity contribution is -0.125. The van der Waals surface area contributed by atoms with Gasteiger partial charge in [0.25, 0.3) is 5.91 Å². The Labute approximate surface area is 192 Å². The number of halogens is 2. The average Bonchev–Trinajstić information content (AvgIpc) is 3.42. The van der Waals surface area contributed by atoms with Crippen LogP contribution in [0, 0.1) is 5.82 Å². The van der Waals surface area contributed by atoms with Crippen molar-refractivity contribution in [1.82, 2.24) is 0 Å². The van der Waals surface area contributed by atoms with E-state index in [4.69, 9.17) is 21.2 Å². The molecule has 0 saturated heterocycles. The van der Waals surface area contributed by atoms with Crippen molar-refractivity contribution >= 4 is 45.5 Å². The third kappa shape index (κ3) is 4.37. The quantitative estimate of drug-likeness (QED) is 0.479. The predicted molar refractivity (Wildman–Crippen MR) is 122 cm³/mol. The second-order valence-electron chi connectivity index (χ2n) is 6.86. The molecule has 164 valence electrons. The van der Waals surface area contributed by atoms with Gasteiger partial charge in [-0.3, -0.25) is 4.79 Å². The SMILES string of the molecule is CCOC(=O)c1c(-c2ccccc2)csc1NC(=O)C1CC(c2c(F)cccc2Cl)=NO1. The average molecular weight is 473 g/mol. The molecule has 0 fully saturated rings. The molecule has 0 radical (unpaired) electrons. The van der Waals surface area contributed by atoms with E-state index in [0.717, 1.165) is 5.56 Å². The molecular formula is C23H18ClFN2O4S. The number of rotatable bonds is 6. The van der Waals surface area contributed by atoms with Crippen molar-refractivity contribution < 1.29 is 23.6 Å². The van der Waals surface area contributed by atoms with Crippen molar-refractivity contribution in [2.24, 2.45) is 5.16 Å². The van der Waals surface area contributed by atoms with E-state index in [0.29, 0.717) is 10.6 Å². The highest BCUT2D eigenvalue weighted by atomic mass is 35.5. The lowest BCUT2D eigenvalue weighted by atomic mass is 10.0. The Morgan fingerprint density at radius 2 is 2.03 bits per heavy atom. The van der Waals surface area contributed by atoms with Gasteiger partial charge in [0, 0.05) is 17.4 Å². The summed E-state index contributed by atoms with van der Waals surface area (Å²) in [7, 11) is 0. The van der Waals surface area contributed by atoms with Gasteiger partial charge in [-0.1, -0.05) is 53.2 Å². The molecule has 4 rings (SSSR count). The highest BCUT2D eigenvalue weighted by molar-refractivity contribution is 7.15. The number of carbonyl (C=O) groups is 2. The Kier molecular flexibility index (Phi) is 6.53. The second kappa shape index (κ2) is 9.50. The van der Waals surface area contributed by atoms with Gasteiger partial charge in [0.05, 0.1) is 22.9 Å². The number of ether oxygens (including phenoxy) is 1. The van der Waals surface area contributed by atoms with Gasteiger partial charge in [0.15, 0.2) is 0 Å². The van der Waals surface area contributed by atoms with Gasteiger partial charge >= 0.3 is 5.97 Å². The molecule has 1 aliphatic heterocycles. The molecule has 9 heteroatoms. The summed E-state index contributed by atoms with van der Waals surface area (Å²) in [6.07, 6.45) is -0.948. The van der Waals surface area contributed by atoms with Crippen LogP contribution >= 0.6 is 22.9 Å². The third-order valence-corrected chi connectivity index (χ3v) is 6.02. The molecule has 6 nitrogen and oxygen atoms in total. The maximum atomic E-state index is 14.2. The molecule has 3 aromatic rings. The van der Waals surface area contributed by atoms with Crippen LogP contribution < -0.4 is 5.32 Å². The van der Waals surface area contributed by atoms with Gasteiger partial charge in [-0.25, -0.2) is 9.18 Å². The van der Waals surface area contributed by atoms with Crippen molar-refractivity contribution in [2.45, 2.75) is 19.4 Å². The molecule has 1 atom stereocenters. The summed E-state index contributed by atoms with van der Waals surface area (Å²) in [6.45, 7) is 1.91. The first-order chi connectivity index (χ1) is 15.5. The molecule has 1 aromatic heterocycles. The summed E-state index contributed by atoms with van der Waals surface area (Å²) >= 11 is 7.29. The monoisotopic (exact) mass is 472 g/mol. The molecule has 2 aromatic carbocycles. The molecule has 32 heavy (non-hydrogen) atoms. The molecule has 1 unspecified atom stereocenters. The van der Waals surface area contributed by atoms with Gasteiger partial charge in [-0.15, -0.1) is 11.3 Å². The number of oxime groups is 1. The zero-order chi connectivity index (χ0) is 22.7. The van der Waals surface area contributed by atoms with Crippen LogP contribution in [-0.2, 0) is 14.4 Å². The summed E-state index contributed by atoms with van der Waals surface area (Å²) in [4.78, 5) is 30.8. The zero-order valence-corrected chi connectivity index (χ0v) is 18.5. The van der Waals surface area contributed by atoms with Crippen molar-refractivity contribution in [3.05, 3.63) is 75.9 Å². The Balaban J connectivity index is 1.55. The molecule has 0 saturated carbocycles. The van der Waals surface area contributed by atoms with Crippen molar-refractivity contribution in [3.8, 4) is 11.1 Å². The number of thiophene rings is 1. The van der Waals surface area contributed by atoms with E-state index in [-0.39, 0.29) is 34.9 Å². The lowest BCUT2D eigenvalue weighted by Crippen LogP contribution is -2.28. The van der Waals surface area contributed by atoms with Crippen LogP contribution in [0.1, 0.15) is 29.3 Å². The molecule has 1 amide bonds. The number of benzene rings is 2. The van der Waals surface area contributed by atoms with Gasteiger partial charge in [-0.05, 0) is 24.6 Å². The van der Waals surface area contributed by atoms with E-state index in [9.17, 15) is 14.0 Å². The van der Waals surface area contributed by atoms with Crippen LogP contribution in [-0.4, -0.2) is 30.3 Å². The smallest absolute Gasteiger partial charge is 0.341 e. The summed E-state index contributed by atoms with van der Waals surface area (Å²) < 4.78 is 19.4. The molecule has 2 heterocycles. The van der Waals surface area contributed by atoms with Crippen molar-refractivity contribution in [2.75, 3.05) is 11.9 Å². The standard InChI is InChI=1S/C23H18ClFN2O4S/c1-2-30-23(29)19-14(13-7-4-3-5-8-13)12-32-22(19)26-21(28)18-11-17(27-31-18)20-15(24)9-6-10-16(20)25/h3-10,12,18H,2,11H2,1H3,(H,26,28). The van der Waals surface area contributed by atoms with Crippen LogP contribution in [0.3, 0.4) is 0 Å². The fraction of sp³-hybridized carbons (Fsp3) is 0.174. The number of amides is 1. The largest absolute Gasteiger partial charge is 0.462 e.